The number of carbonyl (C=O) groups excluding carboxylic acids is 4. The average Bonchev–Trinajstić information content (AvgIpc) is 1.68. The van der Waals surface area contributed by atoms with Gasteiger partial charge in [0.05, 0.1) is 89.6 Å². The number of allylic oxidation sites excluding steroid dienone is 3. The lowest BCUT2D eigenvalue weighted by molar-refractivity contribution is 0.120. The summed E-state index contributed by atoms with van der Waals surface area (Å²) in [5.41, 5.74) is 21.2. The molecule has 4 aliphatic heterocycles. The molecule has 3 aliphatic carbocycles. The molecule has 4 saturated heterocycles. The lowest BCUT2D eigenvalue weighted by Gasteiger charge is -2.47. The minimum atomic E-state index is -0.430. The van der Waals surface area contributed by atoms with Gasteiger partial charge >= 0.3 is 24.1 Å². The maximum Gasteiger partial charge on any atom is 0.318 e. The number of piperazine rings is 4. The van der Waals surface area contributed by atoms with Gasteiger partial charge in [-0.2, -0.15) is 0 Å². The molecule has 0 spiro atoms. The minimum Gasteiger partial charge on any atom is -0.497 e. The Balaban J connectivity index is 0.000000134. The number of fused-ring (bicyclic) bond motifs is 4. The van der Waals surface area contributed by atoms with Crippen molar-refractivity contribution in [2.45, 2.75) is 156 Å². The molecule has 32 heteroatoms. The molecule has 7 aliphatic rings. The molecule has 4 fully saturated rings. The number of amides is 8. The Morgan fingerprint density at radius 2 is 0.789 bits per heavy atom. The Hall–Kier alpha value is -15.0. The Kier molecular flexibility index (Phi) is 31.3. The van der Waals surface area contributed by atoms with E-state index >= 15 is 0 Å². The van der Waals surface area contributed by atoms with Crippen molar-refractivity contribution in [1.29, 1.82) is 0 Å². The van der Waals surface area contributed by atoms with E-state index in [0.717, 1.165) is 138 Å². The number of methoxy groups -OCH3 is 3. The molecule has 8 amide bonds. The number of rotatable bonds is 19. The SMILES string of the molecule is COc1cc([C@H](C)NC(=O)N2CCN(c3ncnc4c3C=C(c3ccc(C)cc3)C4)C[C@H]2C)ccc1Cl.COc1cccc(-c2cc3c(N4CCN(C(=O)N[C@@H](C)c5cccc(Cl)c5)C(C)(C)C4)ncnc3[nH]2)c1.COc1cccc(C2=Cc3c(ncnc3N3CCN(C(=O)N[C@@H](C)c4ccc(F)cc4)C(C)(C)C3)C2)c1.Cc1ccc(C2=Cc3c(ncnc3N3CCN(C(=O)N[C@@H](C)c4ccc(F)cc4)C(C)(C)C3)C2)cc1. The number of carbonyl (C=O) groups is 4. The van der Waals surface area contributed by atoms with Gasteiger partial charge in [-0.1, -0.05) is 150 Å². The molecule has 147 heavy (non-hydrogen) atoms. The molecule has 9 heterocycles. The molecule has 0 saturated carbocycles. The van der Waals surface area contributed by atoms with Crippen molar-refractivity contribution in [3.05, 3.63) is 325 Å². The second-order valence-electron chi connectivity index (χ2n) is 40.4. The van der Waals surface area contributed by atoms with Crippen LogP contribution in [0.1, 0.15) is 184 Å². The zero-order valence-electron chi connectivity index (χ0n) is 86.0. The highest BCUT2D eigenvalue weighted by molar-refractivity contribution is 6.32. The topological polar surface area (TPSA) is 289 Å². The minimum absolute atomic E-state index is 0.0215. The summed E-state index contributed by atoms with van der Waals surface area (Å²) in [5.74, 6) is 5.27. The smallest absolute Gasteiger partial charge is 0.318 e. The van der Waals surface area contributed by atoms with Crippen molar-refractivity contribution in [3.8, 4) is 28.5 Å². The number of hydrogen-bond donors (Lipinski definition) is 5. The lowest BCUT2D eigenvalue weighted by Crippen LogP contribution is -2.63. The zero-order chi connectivity index (χ0) is 104. The molecule has 5 N–H and O–H groups in total. The first kappa shape index (κ1) is 103. The van der Waals surface area contributed by atoms with E-state index in [9.17, 15) is 28.0 Å². The molecule has 8 aromatic carbocycles. The number of aromatic nitrogens is 9. The van der Waals surface area contributed by atoms with Crippen LogP contribution in [-0.4, -0.2) is 211 Å². The number of halogens is 4. The van der Waals surface area contributed by atoms with Crippen LogP contribution in [0.25, 0.3) is 57.2 Å². The Bertz CT molecular complexity index is 7090. The van der Waals surface area contributed by atoms with Gasteiger partial charge in [-0.3, -0.25) is 0 Å². The van der Waals surface area contributed by atoms with Gasteiger partial charge in [-0.15, -0.1) is 0 Å². The molecule has 762 valence electrons. The summed E-state index contributed by atoms with van der Waals surface area (Å²) in [6.07, 6.45) is 15.5. The zero-order valence-corrected chi connectivity index (χ0v) is 87.5. The second kappa shape index (κ2) is 44.5. The average molecular weight is 2020 g/mol. The van der Waals surface area contributed by atoms with E-state index in [1.165, 1.54) is 63.2 Å². The van der Waals surface area contributed by atoms with E-state index in [-0.39, 0.29) is 66.0 Å². The first-order valence-corrected chi connectivity index (χ1v) is 50.6. The quantitative estimate of drug-likeness (QED) is 0.0503. The van der Waals surface area contributed by atoms with Crippen molar-refractivity contribution in [2.75, 3.05) is 119 Å². The molecule has 13 aromatic rings. The lowest BCUT2D eigenvalue weighted by atomic mass is 9.98. The van der Waals surface area contributed by atoms with Gasteiger partial charge in [-0.25, -0.2) is 67.8 Å². The number of H-pyrrole nitrogens is 1. The summed E-state index contributed by atoms with van der Waals surface area (Å²) >= 11 is 12.3. The van der Waals surface area contributed by atoms with Crippen molar-refractivity contribution < 1.29 is 42.2 Å². The van der Waals surface area contributed by atoms with Crippen LogP contribution in [0, 0.1) is 25.5 Å². The van der Waals surface area contributed by atoms with Crippen molar-refractivity contribution in [2.24, 2.45) is 0 Å². The molecule has 0 bridgehead atoms. The summed E-state index contributed by atoms with van der Waals surface area (Å²) in [7, 11) is 4.92. The molecule has 28 nitrogen and oxygen atoms in total. The number of nitrogens with zero attached hydrogens (tertiary/aromatic N) is 16. The Morgan fingerprint density at radius 3 is 1.23 bits per heavy atom. The summed E-state index contributed by atoms with van der Waals surface area (Å²) in [5, 5.41) is 14.6. The van der Waals surface area contributed by atoms with Crippen LogP contribution < -0.4 is 55.1 Å². The largest absolute Gasteiger partial charge is 0.497 e. The fraction of sp³-hybridized carbons (Fsp3) is 0.339. The van der Waals surface area contributed by atoms with Crippen LogP contribution in [0.4, 0.5) is 51.2 Å². The molecule has 20 rings (SSSR count). The van der Waals surface area contributed by atoms with E-state index < -0.39 is 16.6 Å². The maximum absolute atomic E-state index is 13.3. The van der Waals surface area contributed by atoms with E-state index in [1.807, 2.05) is 126 Å². The highest BCUT2D eigenvalue weighted by atomic mass is 35.5. The third kappa shape index (κ3) is 23.7. The van der Waals surface area contributed by atoms with Crippen LogP contribution in [-0.2, 0) is 19.3 Å². The Labute approximate surface area is 868 Å². The summed E-state index contributed by atoms with van der Waals surface area (Å²) in [4.78, 5) is 110. The number of hydrogen-bond acceptors (Lipinski definition) is 19. The van der Waals surface area contributed by atoms with Crippen LogP contribution in [0.15, 0.2) is 219 Å². The number of urea groups is 4. The normalized spacial score (nSPS) is 17.1. The highest BCUT2D eigenvalue weighted by Crippen LogP contribution is 2.43. The predicted octanol–water partition coefficient (Wildman–Crippen LogP) is 21.7. The van der Waals surface area contributed by atoms with E-state index in [1.54, 1.807) is 77.0 Å². The number of aromatic amines is 1. The predicted molar refractivity (Wildman–Crippen MR) is 579 cm³/mol. The van der Waals surface area contributed by atoms with Gasteiger partial charge in [0, 0.05) is 137 Å². The molecular formula is C115H127Cl2F2N21O7. The summed E-state index contributed by atoms with van der Waals surface area (Å²) < 4.78 is 42.7. The standard InChI is InChI=1S/C29H32ClN5O2.C29H32FN5O2.C29H32FN5O.C28H31ClN6O2/c1-18-5-7-21(8-6-18)23-13-24-26(14-23)31-17-32-28(24)34-11-12-35(19(2)16-34)29(36)33-20(3)22-9-10-25(30)27(15-22)37-4;1-19(20-8-10-23(30)11-9-20)33-28(36)35-13-12-34(17-29(35,2)3)27-25-15-22(16-26(25)31-18-32-27)21-6-5-7-24(14-21)37-4;1-19-5-7-22(8-6-19)23-15-25-26(16-23)31-18-32-27(25)34-13-14-35(29(3,4)17-34)28(36)33-20(2)21-9-11-24(30)12-10-21;1-18(19-7-5-9-21(29)13-19)32-27(36)35-12-11-34(16-28(35,2)3)26-23-15-24(33-25(23)30-17-31-26)20-8-6-10-22(14-20)37-4/h5-10,13,15,17,19-20H,11-12,14,16H2,1-4H3,(H,33,36);5-11,14-15,18-19H,12-13,16-17H2,1-4H3,(H,33,36);5-12,15,18,20H,13-14,16-17H2,1-4H3,(H,33,36);5-10,13-15,17-18H,11-12,16H2,1-4H3,(H,32,36)(H,30,31,33)/t19-,20+;19-;20-;18-/m1000/s1. The van der Waals surface area contributed by atoms with Crippen LogP contribution in [0.5, 0.6) is 17.2 Å². The first-order valence-electron chi connectivity index (χ1n) is 49.9. The van der Waals surface area contributed by atoms with Gasteiger partial charge in [0.15, 0.2) is 0 Å². The molecular weight excluding hydrogens is 1900 g/mol. The molecule has 5 aromatic heterocycles. The van der Waals surface area contributed by atoms with Gasteiger partial charge in [-0.05, 0) is 243 Å². The number of anilines is 4. The van der Waals surface area contributed by atoms with E-state index in [4.69, 9.17) is 37.4 Å². The first-order chi connectivity index (χ1) is 70.5. The van der Waals surface area contributed by atoms with Gasteiger partial charge < -0.3 is 79.7 Å². The summed E-state index contributed by atoms with van der Waals surface area (Å²) in [6, 6.07) is 59.7. The monoisotopic (exact) mass is 2020 g/mol. The van der Waals surface area contributed by atoms with Crippen LogP contribution >= 0.6 is 23.2 Å². The molecule has 0 radical (unpaired) electrons. The van der Waals surface area contributed by atoms with E-state index in [2.05, 4.69) is 227 Å². The number of aryl methyl sites for hydroxylation is 2. The number of benzene rings is 8. The van der Waals surface area contributed by atoms with Crippen molar-refractivity contribution >= 4 is 117 Å². The third-order valence-corrected chi connectivity index (χ3v) is 29.1. The van der Waals surface area contributed by atoms with Gasteiger partial charge in [0.25, 0.3) is 0 Å². The molecule has 5 atom stereocenters. The highest BCUT2D eigenvalue weighted by Gasteiger charge is 2.43. The summed E-state index contributed by atoms with van der Waals surface area (Å²) in [6.45, 7) is 34.1. The Morgan fingerprint density at radius 1 is 0.401 bits per heavy atom. The van der Waals surface area contributed by atoms with Crippen LogP contribution in [0.3, 0.4) is 0 Å². The fourth-order valence-corrected chi connectivity index (χ4v) is 20.7. The van der Waals surface area contributed by atoms with Gasteiger partial charge in [0.2, 0.25) is 0 Å². The van der Waals surface area contributed by atoms with Crippen LogP contribution in [0.2, 0.25) is 10.0 Å². The van der Waals surface area contributed by atoms with Crippen molar-refractivity contribution in [1.82, 2.24) is 85.7 Å². The van der Waals surface area contributed by atoms with Gasteiger partial charge in [0.1, 0.15) is 83.1 Å². The number of ether oxygens (including phenoxy) is 3. The fourth-order valence-electron chi connectivity index (χ4n) is 20.3. The van der Waals surface area contributed by atoms with E-state index in [0.29, 0.717) is 94.3 Å². The third-order valence-electron chi connectivity index (χ3n) is 28.6. The maximum atomic E-state index is 13.3. The second-order valence-corrected chi connectivity index (χ2v) is 41.3. The molecule has 0 unspecified atom stereocenters. The van der Waals surface area contributed by atoms with Crippen molar-refractivity contribution in [3.63, 3.8) is 0 Å². The number of nitrogens with one attached hydrogen (secondary N) is 5.